The summed E-state index contributed by atoms with van der Waals surface area (Å²) in [4.78, 5) is 4.06. The van der Waals surface area contributed by atoms with Gasteiger partial charge in [0.1, 0.15) is 0 Å². The Hall–Kier alpha value is -0.900. The average molecular weight is 313 g/mol. The first-order chi connectivity index (χ1) is 8.16. The van der Waals surface area contributed by atoms with Crippen molar-refractivity contribution in [1.82, 2.24) is 4.98 Å². The Balaban J connectivity index is 2.17. The van der Waals surface area contributed by atoms with Crippen molar-refractivity contribution in [2.45, 2.75) is 12.5 Å². The van der Waals surface area contributed by atoms with Crippen LogP contribution in [0.1, 0.15) is 17.2 Å². The summed E-state index contributed by atoms with van der Waals surface area (Å²) in [5.41, 5.74) is 1.71. The molecule has 17 heavy (non-hydrogen) atoms. The lowest BCUT2D eigenvalue weighted by Crippen LogP contribution is -2.02. The van der Waals surface area contributed by atoms with Crippen LogP contribution in [0.2, 0.25) is 5.02 Å². The predicted octanol–water partition coefficient (Wildman–Crippen LogP) is 3.77. The van der Waals surface area contributed by atoms with Crippen molar-refractivity contribution in [2.75, 3.05) is 0 Å². The Morgan fingerprint density at radius 1 is 1.29 bits per heavy atom. The van der Waals surface area contributed by atoms with E-state index in [1.165, 1.54) is 0 Å². The molecule has 0 radical (unpaired) electrons. The highest BCUT2D eigenvalue weighted by molar-refractivity contribution is 9.10. The first kappa shape index (κ1) is 12.6. The van der Waals surface area contributed by atoms with E-state index in [2.05, 4.69) is 20.9 Å². The molecule has 0 spiro atoms. The van der Waals surface area contributed by atoms with Crippen molar-refractivity contribution in [3.8, 4) is 0 Å². The van der Waals surface area contributed by atoms with Crippen LogP contribution in [-0.2, 0) is 6.42 Å². The summed E-state index contributed by atoms with van der Waals surface area (Å²) in [7, 11) is 0. The Morgan fingerprint density at radius 2 is 2.06 bits per heavy atom. The summed E-state index contributed by atoms with van der Waals surface area (Å²) in [6, 6.07) is 9.26. The number of nitrogens with zero attached hydrogens (tertiary/aromatic N) is 1. The fourth-order valence-electron chi connectivity index (χ4n) is 1.65. The molecule has 0 amide bonds. The van der Waals surface area contributed by atoms with Crippen molar-refractivity contribution in [3.05, 3.63) is 63.3 Å². The van der Waals surface area contributed by atoms with Crippen LogP contribution in [-0.4, -0.2) is 10.1 Å². The van der Waals surface area contributed by atoms with Gasteiger partial charge in [-0.3, -0.25) is 4.98 Å². The Morgan fingerprint density at radius 3 is 2.76 bits per heavy atom. The highest BCUT2D eigenvalue weighted by atomic mass is 79.9. The van der Waals surface area contributed by atoms with Gasteiger partial charge < -0.3 is 5.11 Å². The highest BCUT2D eigenvalue weighted by Gasteiger charge is 2.11. The van der Waals surface area contributed by atoms with Gasteiger partial charge in [0.25, 0.3) is 0 Å². The van der Waals surface area contributed by atoms with Gasteiger partial charge in [0.2, 0.25) is 0 Å². The lowest BCUT2D eigenvalue weighted by molar-refractivity contribution is 0.178. The summed E-state index contributed by atoms with van der Waals surface area (Å²) in [5, 5.41) is 10.7. The van der Waals surface area contributed by atoms with Crippen molar-refractivity contribution in [2.24, 2.45) is 0 Å². The van der Waals surface area contributed by atoms with Gasteiger partial charge in [-0.05, 0) is 39.2 Å². The number of pyridine rings is 1. The number of hydrogen-bond donors (Lipinski definition) is 1. The summed E-state index contributed by atoms with van der Waals surface area (Å²) in [6.45, 7) is 0. The lowest BCUT2D eigenvalue weighted by atomic mass is 10.0. The Bertz CT molecular complexity index is 518. The number of aromatic nitrogens is 1. The number of aliphatic hydroxyl groups excluding tert-OH is 1. The van der Waals surface area contributed by atoms with Gasteiger partial charge >= 0.3 is 0 Å². The van der Waals surface area contributed by atoms with Gasteiger partial charge in [0, 0.05) is 28.3 Å². The molecule has 0 aliphatic carbocycles. The smallest absolute Gasteiger partial charge is 0.0845 e. The molecule has 0 fully saturated rings. The first-order valence-corrected chi connectivity index (χ1v) is 6.36. The van der Waals surface area contributed by atoms with E-state index in [1.807, 2.05) is 24.3 Å². The number of rotatable bonds is 3. The molecule has 88 valence electrons. The fourth-order valence-corrected chi connectivity index (χ4v) is 2.32. The van der Waals surface area contributed by atoms with Gasteiger partial charge in [-0.1, -0.05) is 29.8 Å². The van der Waals surface area contributed by atoms with Crippen LogP contribution in [0, 0.1) is 0 Å². The van der Waals surface area contributed by atoms with E-state index >= 15 is 0 Å². The van der Waals surface area contributed by atoms with Crippen LogP contribution in [0.4, 0.5) is 0 Å². The minimum atomic E-state index is -0.611. The molecule has 2 rings (SSSR count). The fraction of sp³-hybridized carbons (Fsp3) is 0.154. The molecule has 0 aliphatic heterocycles. The van der Waals surface area contributed by atoms with E-state index in [4.69, 9.17) is 11.6 Å². The summed E-state index contributed by atoms with van der Waals surface area (Å²) in [6.07, 6.45) is 3.34. The van der Waals surface area contributed by atoms with Crippen LogP contribution in [0.15, 0.2) is 47.2 Å². The summed E-state index contributed by atoms with van der Waals surface area (Å²) < 4.78 is 0.904. The van der Waals surface area contributed by atoms with Crippen LogP contribution >= 0.6 is 27.5 Å². The maximum atomic E-state index is 10.1. The van der Waals surface area contributed by atoms with E-state index in [0.717, 1.165) is 15.6 Å². The molecule has 1 unspecified atom stereocenters. The predicted molar refractivity (Wildman–Crippen MR) is 72.1 cm³/mol. The quantitative estimate of drug-likeness (QED) is 0.936. The third kappa shape index (κ3) is 3.28. The molecular weight excluding hydrogens is 302 g/mol. The van der Waals surface area contributed by atoms with Gasteiger partial charge in [0.15, 0.2) is 0 Å². The molecule has 1 aromatic carbocycles. The number of benzene rings is 1. The number of aliphatic hydroxyl groups is 1. The third-order valence-corrected chi connectivity index (χ3v) is 3.23. The molecule has 0 bridgehead atoms. The Labute approximate surface area is 113 Å². The molecule has 1 heterocycles. The minimum absolute atomic E-state index is 0.496. The van der Waals surface area contributed by atoms with Gasteiger partial charge in [-0.2, -0.15) is 0 Å². The second-order valence-corrected chi connectivity index (χ2v) is 5.08. The molecule has 4 heteroatoms. The maximum Gasteiger partial charge on any atom is 0.0845 e. The summed E-state index contributed by atoms with van der Waals surface area (Å²) in [5.74, 6) is 0. The average Bonchev–Trinajstić information content (AvgIpc) is 2.29. The van der Waals surface area contributed by atoms with E-state index in [-0.39, 0.29) is 0 Å². The van der Waals surface area contributed by atoms with Crippen LogP contribution in [0.3, 0.4) is 0 Å². The zero-order valence-corrected chi connectivity index (χ0v) is 11.3. The van der Waals surface area contributed by atoms with Crippen molar-refractivity contribution < 1.29 is 5.11 Å². The maximum absolute atomic E-state index is 10.1. The minimum Gasteiger partial charge on any atom is -0.388 e. The van der Waals surface area contributed by atoms with Gasteiger partial charge in [-0.25, -0.2) is 0 Å². The van der Waals surface area contributed by atoms with Crippen molar-refractivity contribution in [1.29, 1.82) is 0 Å². The lowest BCUT2D eigenvalue weighted by Gasteiger charge is -2.12. The number of halogens is 2. The van der Waals surface area contributed by atoms with E-state index in [0.29, 0.717) is 11.4 Å². The van der Waals surface area contributed by atoms with Crippen molar-refractivity contribution >= 4 is 27.5 Å². The van der Waals surface area contributed by atoms with Crippen LogP contribution < -0.4 is 0 Å². The summed E-state index contributed by atoms with van der Waals surface area (Å²) >= 11 is 9.38. The SMILES string of the molecule is OC(Cc1cncc(Br)c1)c1ccccc1Cl. The standard InChI is InChI=1S/C13H11BrClNO/c14-10-5-9(7-16-8-10)6-13(17)11-3-1-2-4-12(11)15/h1-5,7-8,13,17H,6H2. The molecule has 0 aliphatic rings. The Kier molecular flexibility index (Phi) is 4.15. The molecule has 1 atom stereocenters. The monoisotopic (exact) mass is 311 g/mol. The second-order valence-electron chi connectivity index (χ2n) is 3.75. The van der Waals surface area contributed by atoms with Crippen molar-refractivity contribution in [3.63, 3.8) is 0 Å². The zero-order valence-electron chi connectivity index (χ0n) is 8.98. The van der Waals surface area contributed by atoms with Gasteiger partial charge in [0.05, 0.1) is 6.10 Å². The van der Waals surface area contributed by atoms with Gasteiger partial charge in [-0.15, -0.1) is 0 Å². The zero-order chi connectivity index (χ0) is 12.3. The molecule has 1 N–H and O–H groups in total. The molecule has 2 nitrogen and oxygen atoms in total. The molecule has 1 aromatic heterocycles. The third-order valence-electron chi connectivity index (χ3n) is 2.45. The molecule has 0 saturated heterocycles. The molecular formula is C13H11BrClNO. The first-order valence-electron chi connectivity index (χ1n) is 5.19. The van der Waals surface area contributed by atoms with Crippen LogP contribution in [0.25, 0.3) is 0 Å². The largest absolute Gasteiger partial charge is 0.388 e. The molecule has 2 aromatic rings. The van der Waals surface area contributed by atoms with E-state index in [9.17, 15) is 5.11 Å². The molecule has 0 saturated carbocycles. The van der Waals surface area contributed by atoms with E-state index in [1.54, 1.807) is 18.5 Å². The van der Waals surface area contributed by atoms with Crippen LogP contribution in [0.5, 0.6) is 0 Å². The normalized spacial score (nSPS) is 12.4. The highest BCUT2D eigenvalue weighted by Crippen LogP contribution is 2.25. The van der Waals surface area contributed by atoms with E-state index < -0.39 is 6.10 Å². The second kappa shape index (κ2) is 5.63. The topological polar surface area (TPSA) is 33.1 Å². The number of hydrogen-bond acceptors (Lipinski definition) is 2.